The molecule has 1 heterocycles. The maximum absolute atomic E-state index is 10.9. The molecule has 0 aliphatic heterocycles. The van der Waals surface area contributed by atoms with E-state index in [1.807, 2.05) is 0 Å². The van der Waals surface area contributed by atoms with Gasteiger partial charge in [-0.15, -0.1) is 0 Å². The topological polar surface area (TPSA) is 127 Å². The standard InChI is InChI=1S/C10H15N5O3/c1-6-7(15(17)18)8(14-9(11)13-6)12-5-10(16)3-2-4-10/h16H,2-5H2,1H3,(H3,11,12,13,14). The van der Waals surface area contributed by atoms with E-state index < -0.39 is 10.5 Å². The van der Waals surface area contributed by atoms with E-state index in [0.717, 1.165) is 6.42 Å². The number of anilines is 2. The lowest BCUT2D eigenvalue weighted by atomic mass is 9.80. The van der Waals surface area contributed by atoms with Crippen molar-refractivity contribution in [1.82, 2.24) is 9.97 Å². The zero-order chi connectivity index (χ0) is 13.3. The summed E-state index contributed by atoms with van der Waals surface area (Å²) in [6, 6.07) is 0. The summed E-state index contributed by atoms with van der Waals surface area (Å²) in [6.07, 6.45) is 2.34. The number of aliphatic hydroxyl groups is 1. The molecule has 2 rings (SSSR count). The van der Waals surface area contributed by atoms with Crippen LogP contribution in [0.15, 0.2) is 0 Å². The first-order valence-electron chi connectivity index (χ1n) is 5.66. The normalized spacial score (nSPS) is 17.0. The van der Waals surface area contributed by atoms with Gasteiger partial charge in [0.2, 0.25) is 11.8 Å². The molecule has 1 aromatic heterocycles. The highest BCUT2D eigenvalue weighted by molar-refractivity contribution is 5.60. The van der Waals surface area contributed by atoms with E-state index in [1.54, 1.807) is 0 Å². The Morgan fingerprint density at radius 1 is 1.56 bits per heavy atom. The summed E-state index contributed by atoms with van der Waals surface area (Å²) in [4.78, 5) is 18.0. The summed E-state index contributed by atoms with van der Waals surface area (Å²) in [6.45, 7) is 1.73. The number of nitro groups is 1. The van der Waals surface area contributed by atoms with Gasteiger partial charge in [0.15, 0.2) is 0 Å². The summed E-state index contributed by atoms with van der Waals surface area (Å²) in [7, 11) is 0. The van der Waals surface area contributed by atoms with E-state index >= 15 is 0 Å². The molecule has 98 valence electrons. The number of aromatic nitrogens is 2. The molecule has 1 fully saturated rings. The van der Waals surface area contributed by atoms with Crippen LogP contribution in [-0.2, 0) is 0 Å². The second-order valence-corrected chi connectivity index (χ2v) is 4.55. The van der Waals surface area contributed by atoms with Crippen molar-refractivity contribution in [1.29, 1.82) is 0 Å². The molecule has 0 radical (unpaired) electrons. The van der Waals surface area contributed by atoms with E-state index in [-0.39, 0.29) is 29.7 Å². The van der Waals surface area contributed by atoms with E-state index in [9.17, 15) is 15.2 Å². The molecule has 1 saturated carbocycles. The number of aryl methyl sites for hydroxylation is 1. The van der Waals surface area contributed by atoms with E-state index in [2.05, 4.69) is 15.3 Å². The third-order valence-electron chi connectivity index (χ3n) is 3.13. The molecule has 1 aliphatic carbocycles. The monoisotopic (exact) mass is 253 g/mol. The Morgan fingerprint density at radius 3 is 2.72 bits per heavy atom. The van der Waals surface area contributed by atoms with E-state index in [1.165, 1.54) is 6.92 Å². The minimum Gasteiger partial charge on any atom is -0.388 e. The highest BCUT2D eigenvalue weighted by Gasteiger charge is 2.35. The fourth-order valence-electron chi connectivity index (χ4n) is 1.94. The molecule has 8 heteroatoms. The number of rotatable bonds is 4. The van der Waals surface area contributed by atoms with Crippen molar-refractivity contribution in [3.05, 3.63) is 15.8 Å². The van der Waals surface area contributed by atoms with Crippen molar-refractivity contribution < 1.29 is 10.0 Å². The molecule has 8 nitrogen and oxygen atoms in total. The van der Waals surface area contributed by atoms with Gasteiger partial charge in [-0.2, -0.15) is 4.98 Å². The fourth-order valence-corrected chi connectivity index (χ4v) is 1.94. The van der Waals surface area contributed by atoms with Crippen LogP contribution in [0.25, 0.3) is 0 Å². The number of nitrogens with two attached hydrogens (primary N) is 1. The quantitative estimate of drug-likeness (QED) is 0.529. The van der Waals surface area contributed by atoms with Crippen LogP contribution in [0.1, 0.15) is 25.0 Å². The van der Waals surface area contributed by atoms with Crippen LogP contribution in [0.2, 0.25) is 0 Å². The molecule has 18 heavy (non-hydrogen) atoms. The first-order valence-corrected chi connectivity index (χ1v) is 5.66. The van der Waals surface area contributed by atoms with Crippen molar-refractivity contribution in [2.75, 3.05) is 17.6 Å². The van der Waals surface area contributed by atoms with Crippen LogP contribution in [0, 0.1) is 17.0 Å². The van der Waals surface area contributed by atoms with Crippen LogP contribution in [0.5, 0.6) is 0 Å². The number of hydrogen-bond acceptors (Lipinski definition) is 7. The Hall–Kier alpha value is -1.96. The highest BCUT2D eigenvalue weighted by atomic mass is 16.6. The van der Waals surface area contributed by atoms with Gasteiger partial charge in [0.1, 0.15) is 5.69 Å². The van der Waals surface area contributed by atoms with E-state index in [4.69, 9.17) is 5.73 Å². The number of nitrogens with one attached hydrogen (secondary N) is 1. The van der Waals surface area contributed by atoms with Crippen LogP contribution in [0.3, 0.4) is 0 Å². The van der Waals surface area contributed by atoms with Gasteiger partial charge >= 0.3 is 5.69 Å². The average molecular weight is 253 g/mol. The van der Waals surface area contributed by atoms with Crippen LogP contribution >= 0.6 is 0 Å². The predicted octanol–water partition coefficient (Wildman–Crippen LogP) is 0.602. The minimum atomic E-state index is -0.790. The molecule has 0 amide bonds. The van der Waals surface area contributed by atoms with Crippen LogP contribution in [-0.4, -0.2) is 32.1 Å². The summed E-state index contributed by atoms with van der Waals surface area (Å²) < 4.78 is 0. The van der Waals surface area contributed by atoms with Crippen LogP contribution < -0.4 is 11.1 Å². The second kappa shape index (κ2) is 4.37. The van der Waals surface area contributed by atoms with Crippen molar-refractivity contribution in [3.63, 3.8) is 0 Å². The first kappa shape index (κ1) is 12.5. The van der Waals surface area contributed by atoms with Crippen molar-refractivity contribution in [2.45, 2.75) is 31.8 Å². The maximum atomic E-state index is 10.9. The largest absolute Gasteiger partial charge is 0.388 e. The third-order valence-corrected chi connectivity index (χ3v) is 3.13. The summed E-state index contributed by atoms with van der Waals surface area (Å²) >= 11 is 0. The summed E-state index contributed by atoms with van der Waals surface area (Å²) in [5, 5.41) is 23.7. The molecule has 1 aromatic rings. The SMILES string of the molecule is Cc1nc(N)nc(NCC2(O)CCC2)c1[N+](=O)[O-]. The molecule has 0 saturated heterocycles. The van der Waals surface area contributed by atoms with Gasteiger partial charge in [-0.25, -0.2) is 4.98 Å². The minimum absolute atomic E-state index is 0.0267. The maximum Gasteiger partial charge on any atom is 0.332 e. The number of hydrogen-bond donors (Lipinski definition) is 3. The molecular weight excluding hydrogens is 238 g/mol. The Kier molecular flexibility index (Phi) is 3.04. The van der Waals surface area contributed by atoms with Crippen molar-refractivity contribution >= 4 is 17.5 Å². The zero-order valence-electron chi connectivity index (χ0n) is 10.0. The smallest absolute Gasteiger partial charge is 0.332 e. The summed E-state index contributed by atoms with van der Waals surface area (Å²) in [5.74, 6) is 0.0338. The summed E-state index contributed by atoms with van der Waals surface area (Å²) in [5.41, 5.74) is 4.68. The van der Waals surface area contributed by atoms with Gasteiger partial charge in [0.05, 0.1) is 10.5 Å². The van der Waals surface area contributed by atoms with Gasteiger partial charge in [-0.3, -0.25) is 10.1 Å². The van der Waals surface area contributed by atoms with E-state index in [0.29, 0.717) is 12.8 Å². The lowest BCUT2D eigenvalue weighted by Crippen LogP contribution is -2.43. The number of nitrogens with zero attached hydrogens (tertiary/aromatic N) is 3. The molecule has 0 spiro atoms. The second-order valence-electron chi connectivity index (χ2n) is 4.55. The lowest BCUT2D eigenvalue weighted by Gasteiger charge is -2.36. The van der Waals surface area contributed by atoms with Crippen molar-refractivity contribution in [3.8, 4) is 0 Å². The molecule has 1 aliphatic rings. The fraction of sp³-hybridized carbons (Fsp3) is 0.600. The third kappa shape index (κ3) is 2.33. The molecule has 0 unspecified atom stereocenters. The highest BCUT2D eigenvalue weighted by Crippen LogP contribution is 2.33. The van der Waals surface area contributed by atoms with Gasteiger partial charge in [0, 0.05) is 6.54 Å². The molecule has 0 atom stereocenters. The zero-order valence-corrected chi connectivity index (χ0v) is 10.0. The average Bonchev–Trinajstić information content (AvgIpc) is 2.22. The van der Waals surface area contributed by atoms with Gasteiger partial charge < -0.3 is 16.2 Å². The van der Waals surface area contributed by atoms with Gasteiger partial charge in [-0.1, -0.05) is 0 Å². The first-order chi connectivity index (χ1) is 8.41. The lowest BCUT2D eigenvalue weighted by molar-refractivity contribution is -0.385. The molecular formula is C10H15N5O3. The molecule has 4 N–H and O–H groups in total. The Balaban J connectivity index is 2.22. The van der Waals surface area contributed by atoms with Crippen LogP contribution in [0.4, 0.5) is 17.5 Å². The van der Waals surface area contributed by atoms with Crippen molar-refractivity contribution in [2.24, 2.45) is 0 Å². The Labute approximate surface area is 103 Å². The van der Waals surface area contributed by atoms with Gasteiger partial charge in [-0.05, 0) is 26.2 Å². The Morgan fingerprint density at radius 2 is 2.22 bits per heavy atom. The number of nitrogen functional groups attached to an aromatic ring is 1. The molecule has 0 bridgehead atoms. The predicted molar refractivity (Wildman–Crippen MR) is 65.1 cm³/mol. The Bertz CT molecular complexity index is 487. The molecule has 0 aromatic carbocycles. The van der Waals surface area contributed by atoms with Gasteiger partial charge in [0.25, 0.3) is 0 Å².